The van der Waals surface area contributed by atoms with E-state index in [1.54, 1.807) is 0 Å². The molecule has 0 saturated carbocycles. The molecule has 55 heavy (non-hydrogen) atoms. The molecular weight excluding hydrogens is 675 g/mol. The van der Waals surface area contributed by atoms with Gasteiger partial charge in [0, 0.05) is 19.5 Å². The van der Waals surface area contributed by atoms with Gasteiger partial charge in [0.25, 0.3) is 0 Å². The summed E-state index contributed by atoms with van der Waals surface area (Å²) in [5.74, 6) is 0.490. The fourth-order valence-corrected chi connectivity index (χ4v) is 8.12. The lowest BCUT2D eigenvalue weighted by molar-refractivity contribution is -0.143. The zero-order valence-corrected chi connectivity index (χ0v) is 38.4. The van der Waals surface area contributed by atoms with Gasteiger partial charge < -0.3 is 15.1 Å². The minimum absolute atomic E-state index is 0.0895. The molecule has 326 valence electrons. The van der Waals surface area contributed by atoms with E-state index in [0.29, 0.717) is 13.0 Å². The molecule has 0 heterocycles. The molecule has 0 aliphatic carbocycles. The Morgan fingerprint density at radius 1 is 0.491 bits per heavy atom. The van der Waals surface area contributed by atoms with Crippen molar-refractivity contribution in [1.82, 2.24) is 15.1 Å². The Labute approximate surface area is 345 Å². The van der Waals surface area contributed by atoms with Crippen molar-refractivity contribution in [1.29, 1.82) is 0 Å². The van der Waals surface area contributed by atoms with Crippen LogP contribution in [0, 0.1) is 5.92 Å². The highest BCUT2D eigenvalue weighted by Crippen LogP contribution is 2.24. The molecule has 2 atom stereocenters. The van der Waals surface area contributed by atoms with Gasteiger partial charge in [0.05, 0.1) is 0 Å². The first-order valence-corrected chi connectivity index (χ1v) is 24.8. The molecular formula is C50H99N3O2. The van der Waals surface area contributed by atoms with Gasteiger partial charge in [0.2, 0.25) is 11.8 Å². The first kappa shape index (κ1) is 53.6. The van der Waals surface area contributed by atoms with Crippen LogP contribution in [0.5, 0.6) is 0 Å². The van der Waals surface area contributed by atoms with Gasteiger partial charge in [-0.15, -0.1) is 0 Å². The van der Waals surface area contributed by atoms with Crippen molar-refractivity contribution in [2.45, 2.75) is 258 Å². The standard InChI is InChI=1S/C50H99N3O2/c1-7-11-14-16-18-20-22-24-26-28-30-32-34-36-38-40-44-51-50(55)49(47(10-4)42-13-9-3)53(46-41-45-52(5)6)48(54)43-39-37-35-33-31-29-27-25-23-21-19-17-15-12-8-2/h25,27,47,49H,7-24,26,28-46H2,1-6H3,(H,51,55)/b27-25-. The van der Waals surface area contributed by atoms with Gasteiger partial charge in [0.15, 0.2) is 0 Å². The van der Waals surface area contributed by atoms with Crippen molar-refractivity contribution in [3.05, 3.63) is 12.2 Å². The Balaban J connectivity index is 4.70. The molecule has 0 radical (unpaired) electrons. The third kappa shape index (κ3) is 34.4. The van der Waals surface area contributed by atoms with Crippen molar-refractivity contribution in [2.75, 3.05) is 33.7 Å². The Hall–Kier alpha value is -1.36. The third-order valence-corrected chi connectivity index (χ3v) is 11.8. The zero-order chi connectivity index (χ0) is 40.5. The van der Waals surface area contributed by atoms with Crippen molar-refractivity contribution in [3.63, 3.8) is 0 Å². The van der Waals surface area contributed by atoms with Gasteiger partial charge in [0.1, 0.15) is 6.04 Å². The van der Waals surface area contributed by atoms with E-state index in [9.17, 15) is 9.59 Å². The Bertz CT molecular complexity index is 843. The highest BCUT2D eigenvalue weighted by atomic mass is 16.2. The number of amides is 2. The van der Waals surface area contributed by atoms with E-state index in [1.807, 2.05) is 4.90 Å². The molecule has 0 saturated heterocycles. The average Bonchev–Trinajstić information content (AvgIpc) is 3.17. The molecule has 0 spiro atoms. The lowest BCUT2D eigenvalue weighted by atomic mass is 9.89. The van der Waals surface area contributed by atoms with Crippen LogP contribution in [0.25, 0.3) is 0 Å². The van der Waals surface area contributed by atoms with E-state index < -0.39 is 0 Å². The zero-order valence-electron chi connectivity index (χ0n) is 38.4. The second-order valence-electron chi connectivity index (χ2n) is 17.4. The van der Waals surface area contributed by atoms with Crippen LogP contribution in [0.1, 0.15) is 252 Å². The van der Waals surface area contributed by atoms with Gasteiger partial charge in [-0.2, -0.15) is 0 Å². The summed E-state index contributed by atoms with van der Waals surface area (Å²) in [5, 5.41) is 3.33. The number of hydrogen-bond donors (Lipinski definition) is 1. The predicted molar refractivity (Wildman–Crippen MR) is 244 cm³/mol. The molecule has 2 amide bonds. The maximum atomic E-state index is 14.0. The van der Waals surface area contributed by atoms with Crippen molar-refractivity contribution in [3.8, 4) is 0 Å². The highest BCUT2D eigenvalue weighted by molar-refractivity contribution is 5.88. The highest BCUT2D eigenvalue weighted by Gasteiger charge is 2.34. The van der Waals surface area contributed by atoms with Crippen LogP contribution in [0.15, 0.2) is 12.2 Å². The lowest BCUT2D eigenvalue weighted by Crippen LogP contribution is -2.54. The SMILES string of the molecule is CCCCCCCC/C=C\CCCCCCCC(=O)N(CCCN(C)C)C(C(=O)NCCCCCCCCCCCCCCCCCC)C(CC)CCCC. The Morgan fingerprint density at radius 3 is 1.35 bits per heavy atom. The second-order valence-corrected chi connectivity index (χ2v) is 17.4. The average molecular weight is 774 g/mol. The largest absolute Gasteiger partial charge is 0.354 e. The third-order valence-electron chi connectivity index (χ3n) is 11.8. The molecule has 0 aromatic rings. The molecule has 0 aliphatic rings. The maximum absolute atomic E-state index is 14.0. The van der Waals surface area contributed by atoms with Gasteiger partial charge >= 0.3 is 0 Å². The monoisotopic (exact) mass is 774 g/mol. The molecule has 2 unspecified atom stereocenters. The van der Waals surface area contributed by atoms with Crippen molar-refractivity contribution in [2.24, 2.45) is 5.92 Å². The number of rotatable bonds is 43. The van der Waals surface area contributed by atoms with Crippen molar-refractivity contribution < 1.29 is 9.59 Å². The molecule has 0 rings (SSSR count). The number of hydrogen-bond acceptors (Lipinski definition) is 3. The molecule has 0 fully saturated rings. The number of unbranched alkanes of at least 4 members (excludes halogenated alkanes) is 27. The number of carbonyl (C=O) groups is 2. The molecule has 1 N–H and O–H groups in total. The van der Waals surface area contributed by atoms with Crippen LogP contribution < -0.4 is 5.32 Å². The minimum atomic E-state index is -0.351. The van der Waals surface area contributed by atoms with Crippen LogP contribution >= 0.6 is 0 Å². The Morgan fingerprint density at radius 2 is 0.909 bits per heavy atom. The van der Waals surface area contributed by atoms with E-state index in [4.69, 9.17) is 0 Å². The van der Waals surface area contributed by atoms with E-state index >= 15 is 0 Å². The van der Waals surface area contributed by atoms with Crippen LogP contribution in [0.2, 0.25) is 0 Å². The number of carbonyl (C=O) groups excluding carboxylic acids is 2. The van der Waals surface area contributed by atoms with E-state index in [2.05, 4.69) is 64.2 Å². The van der Waals surface area contributed by atoms with Gasteiger partial charge in [-0.25, -0.2) is 0 Å². The molecule has 0 aliphatic heterocycles. The van der Waals surface area contributed by atoms with Crippen LogP contribution in [-0.2, 0) is 9.59 Å². The minimum Gasteiger partial charge on any atom is -0.354 e. The summed E-state index contributed by atoms with van der Waals surface area (Å²) in [7, 11) is 4.19. The number of allylic oxidation sites excluding steroid dienone is 2. The fourth-order valence-electron chi connectivity index (χ4n) is 8.12. The van der Waals surface area contributed by atoms with Gasteiger partial charge in [-0.05, 0) is 77.9 Å². The van der Waals surface area contributed by atoms with Gasteiger partial charge in [-0.1, -0.05) is 207 Å². The lowest BCUT2D eigenvalue weighted by Gasteiger charge is -2.36. The van der Waals surface area contributed by atoms with Gasteiger partial charge in [-0.3, -0.25) is 9.59 Å². The normalized spacial score (nSPS) is 12.9. The molecule has 0 aromatic carbocycles. The van der Waals surface area contributed by atoms with E-state index in [-0.39, 0.29) is 23.8 Å². The summed E-state index contributed by atoms with van der Waals surface area (Å²) in [5.41, 5.74) is 0. The second kappa shape index (κ2) is 42.3. The first-order valence-electron chi connectivity index (χ1n) is 24.8. The maximum Gasteiger partial charge on any atom is 0.243 e. The first-order chi connectivity index (χ1) is 26.9. The van der Waals surface area contributed by atoms with Crippen LogP contribution in [-0.4, -0.2) is 61.4 Å². The summed E-state index contributed by atoms with van der Waals surface area (Å²) in [6.07, 6.45) is 48.4. The smallest absolute Gasteiger partial charge is 0.243 e. The molecule has 0 aromatic heterocycles. The molecule has 5 heteroatoms. The summed E-state index contributed by atoms with van der Waals surface area (Å²) in [4.78, 5) is 32.2. The summed E-state index contributed by atoms with van der Waals surface area (Å²) >= 11 is 0. The molecule has 5 nitrogen and oxygen atoms in total. The summed E-state index contributed by atoms with van der Waals surface area (Å²) in [6, 6.07) is -0.351. The van der Waals surface area contributed by atoms with E-state index in [0.717, 1.165) is 64.5 Å². The Kier molecular flexibility index (Phi) is 41.2. The van der Waals surface area contributed by atoms with Crippen molar-refractivity contribution >= 4 is 11.8 Å². The number of nitrogens with zero attached hydrogens (tertiary/aromatic N) is 2. The summed E-state index contributed by atoms with van der Waals surface area (Å²) < 4.78 is 0. The summed E-state index contributed by atoms with van der Waals surface area (Å²) in [6.45, 7) is 11.3. The number of nitrogens with one attached hydrogen (secondary N) is 1. The molecule has 0 bridgehead atoms. The fraction of sp³-hybridized carbons (Fsp3) is 0.920. The predicted octanol–water partition coefficient (Wildman–Crippen LogP) is 14.8. The quantitative estimate of drug-likeness (QED) is 0.0496. The van der Waals surface area contributed by atoms with Crippen LogP contribution in [0.4, 0.5) is 0 Å². The topological polar surface area (TPSA) is 52.7 Å². The van der Waals surface area contributed by atoms with E-state index in [1.165, 1.54) is 167 Å². The van der Waals surface area contributed by atoms with Crippen LogP contribution in [0.3, 0.4) is 0 Å².